The van der Waals surface area contributed by atoms with Crippen LogP contribution in [-0.4, -0.2) is 64.0 Å². The summed E-state index contributed by atoms with van der Waals surface area (Å²) in [5, 5.41) is 9.86. The number of nitrogens with zero attached hydrogens (tertiary/aromatic N) is 2. The predicted molar refractivity (Wildman–Crippen MR) is 102 cm³/mol. The molecular formula is C19H24ClN3O3. The first-order valence-corrected chi connectivity index (χ1v) is 9.01. The van der Waals surface area contributed by atoms with Gasteiger partial charge in [-0.25, -0.2) is 4.79 Å². The Balaban J connectivity index is 0.00000196. The maximum Gasteiger partial charge on any atom is 0.352 e. The van der Waals surface area contributed by atoms with Gasteiger partial charge in [0.25, 0.3) is 5.91 Å². The fourth-order valence-corrected chi connectivity index (χ4v) is 4.10. The summed E-state index contributed by atoms with van der Waals surface area (Å²) in [6.07, 6.45) is 4.64. The lowest BCUT2D eigenvalue weighted by Crippen LogP contribution is -2.42. The average Bonchev–Trinajstić information content (AvgIpc) is 3.34. The third kappa shape index (κ3) is 3.57. The lowest BCUT2D eigenvalue weighted by molar-refractivity contribution is 0.0688. The predicted octanol–water partition coefficient (Wildman–Crippen LogP) is 2.99. The van der Waals surface area contributed by atoms with Gasteiger partial charge in [0.2, 0.25) is 0 Å². The van der Waals surface area contributed by atoms with Crippen LogP contribution in [0.3, 0.4) is 0 Å². The van der Waals surface area contributed by atoms with Gasteiger partial charge < -0.3 is 19.9 Å². The molecule has 4 rings (SSSR count). The zero-order valence-electron chi connectivity index (χ0n) is 14.6. The van der Waals surface area contributed by atoms with Gasteiger partial charge >= 0.3 is 5.97 Å². The van der Waals surface area contributed by atoms with Crippen LogP contribution < -0.4 is 0 Å². The molecule has 1 aromatic heterocycles. The Kier molecular flexibility index (Phi) is 5.53. The highest BCUT2D eigenvalue weighted by atomic mass is 35.5. The van der Waals surface area contributed by atoms with Gasteiger partial charge in [0, 0.05) is 35.6 Å². The number of carboxylic acid groups (broad SMARTS) is 1. The summed E-state index contributed by atoms with van der Waals surface area (Å²) in [7, 11) is 0. The van der Waals surface area contributed by atoms with E-state index < -0.39 is 5.97 Å². The average molecular weight is 378 g/mol. The number of halogens is 1. The van der Waals surface area contributed by atoms with Crippen molar-refractivity contribution in [1.29, 1.82) is 0 Å². The van der Waals surface area contributed by atoms with Crippen LogP contribution >= 0.6 is 12.4 Å². The Labute approximate surface area is 158 Å². The fraction of sp³-hybridized carbons (Fsp3) is 0.474. The molecule has 0 aliphatic carbocycles. The number of aromatic carboxylic acids is 1. The van der Waals surface area contributed by atoms with E-state index in [1.807, 2.05) is 4.90 Å². The van der Waals surface area contributed by atoms with E-state index in [1.165, 1.54) is 12.8 Å². The molecule has 7 heteroatoms. The van der Waals surface area contributed by atoms with E-state index in [1.54, 1.807) is 24.3 Å². The SMILES string of the molecule is Cl.O=C(O)c1cc2cc(C(=O)N3CCC[C@H]3CN3CCCC3)ccc2[nH]1. The molecule has 0 spiro atoms. The zero-order valence-corrected chi connectivity index (χ0v) is 15.4. The van der Waals surface area contributed by atoms with Crippen LogP contribution in [0.15, 0.2) is 24.3 Å². The fourth-order valence-electron chi connectivity index (χ4n) is 4.10. The standard InChI is InChI=1S/C19H23N3O3.ClH/c23-18(22-9-3-4-15(22)12-21-7-1-2-8-21)13-5-6-16-14(10-13)11-17(20-16)19(24)25;/h5-6,10-11,15,20H,1-4,7-9,12H2,(H,24,25);1H/t15-;/m0./s1. The number of rotatable bonds is 4. The van der Waals surface area contributed by atoms with Crippen molar-refractivity contribution in [3.8, 4) is 0 Å². The molecular weight excluding hydrogens is 354 g/mol. The maximum absolute atomic E-state index is 13.0. The molecule has 6 nitrogen and oxygen atoms in total. The number of likely N-dealkylation sites (tertiary alicyclic amines) is 2. The Bertz CT molecular complexity index is 813. The number of carboxylic acids is 1. The van der Waals surface area contributed by atoms with Crippen LogP contribution in [0.2, 0.25) is 0 Å². The van der Waals surface area contributed by atoms with Gasteiger partial charge in [-0.15, -0.1) is 12.4 Å². The molecule has 1 amide bonds. The number of aromatic amines is 1. The lowest BCUT2D eigenvalue weighted by atomic mass is 10.1. The van der Waals surface area contributed by atoms with E-state index in [0.29, 0.717) is 11.6 Å². The summed E-state index contributed by atoms with van der Waals surface area (Å²) in [6.45, 7) is 4.07. The van der Waals surface area contributed by atoms with Gasteiger partial charge in [-0.1, -0.05) is 0 Å². The second-order valence-electron chi connectivity index (χ2n) is 7.09. The highest BCUT2D eigenvalue weighted by Gasteiger charge is 2.31. The molecule has 2 N–H and O–H groups in total. The molecule has 0 bridgehead atoms. The van der Waals surface area contributed by atoms with Crippen molar-refractivity contribution in [2.24, 2.45) is 0 Å². The second-order valence-corrected chi connectivity index (χ2v) is 7.09. The van der Waals surface area contributed by atoms with Gasteiger partial charge in [0.1, 0.15) is 5.69 Å². The topological polar surface area (TPSA) is 76.6 Å². The lowest BCUT2D eigenvalue weighted by Gasteiger charge is -2.28. The van der Waals surface area contributed by atoms with E-state index >= 15 is 0 Å². The number of H-pyrrole nitrogens is 1. The van der Waals surface area contributed by atoms with Crippen molar-refractivity contribution < 1.29 is 14.7 Å². The van der Waals surface area contributed by atoms with Crippen molar-refractivity contribution in [2.45, 2.75) is 31.7 Å². The van der Waals surface area contributed by atoms with Crippen molar-refractivity contribution in [3.63, 3.8) is 0 Å². The maximum atomic E-state index is 13.0. The molecule has 2 aromatic rings. The molecule has 3 heterocycles. The summed E-state index contributed by atoms with van der Waals surface area (Å²) in [5.74, 6) is -0.934. The Hall–Kier alpha value is -2.05. The molecule has 0 radical (unpaired) electrons. The van der Waals surface area contributed by atoms with Gasteiger partial charge in [0.05, 0.1) is 0 Å². The zero-order chi connectivity index (χ0) is 17.4. The molecule has 26 heavy (non-hydrogen) atoms. The minimum atomic E-state index is -0.991. The molecule has 1 aromatic carbocycles. The molecule has 2 aliphatic rings. The number of amides is 1. The van der Waals surface area contributed by atoms with Crippen molar-refractivity contribution in [3.05, 3.63) is 35.5 Å². The third-order valence-corrected chi connectivity index (χ3v) is 5.40. The van der Waals surface area contributed by atoms with Crippen LogP contribution in [0.5, 0.6) is 0 Å². The molecule has 0 saturated carbocycles. The summed E-state index contributed by atoms with van der Waals surface area (Å²) in [6, 6.07) is 7.26. The number of hydrogen-bond acceptors (Lipinski definition) is 3. The van der Waals surface area contributed by atoms with Gasteiger partial charge in [-0.3, -0.25) is 4.79 Å². The molecule has 1 atom stereocenters. The van der Waals surface area contributed by atoms with E-state index in [2.05, 4.69) is 9.88 Å². The largest absolute Gasteiger partial charge is 0.477 e. The summed E-state index contributed by atoms with van der Waals surface area (Å²) in [5.41, 5.74) is 1.52. The number of aromatic nitrogens is 1. The van der Waals surface area contributed by atoms with Crippen LogP contribution in [0, 0.1) is 0 Å². The highest BCUT2D eigenvalue weighted by molar-refractivity contribution is 6.00. The van der Waals surface area contributed by atoms with E-state index in [9.17, 15) is 9.59 Å². The minimum Gasteiger partial charge on any atom is -0.477 e. The Morgan fingerprint density at radius 1 is 1.12 bits per heavy atom. The highest BCUT2D eigenvalue weighted by Crippen LogP contribution is 2.24. The van der Waals surface area contributed by atoms with Gasteiger partial charge in [-0.05, 0) is 63.0 Å². The first-order valence-electron chi connectivity index (χ1n) is 9.01. The van der Waals surface area contributed by atoms with Crippen LogP contribution in [-0.2, 0) is 0 Å². The van der Waals surface area contributed by atoms with Crippen LogP contribution in [0.25, 0.3) is 10.9 Å². The van der Waals surface area contributed by atoms with Gasteiger partial charge in [0.15, 0.2) is 0 Å². The number of carbonyl (C=O) groups is 2. The van der Waals surface area contributed by atoms with E-state index in [-0.39, 0.29) is 24.0 Å². The molecule has 2 fully saturated rings. The summed E-state index contributed by atoms with van der Waals surface area (Å²) < 4.78 is 0. The number of nitrogens with one attached hydrogen (secondary N) is 1. The molecule has 140 valence electrons. The summed E-state index contributed by atoms with van der Waals surface area (Å²) >= 11 is 0. The van der Waals surface area contributed by atoms with E-state index in [4.69, 9.17) is 5.11 Å². The first-order chi connectivity index (χ1) is 12.1. The number of carbonyl (C=O) groups excluding carboxylic acids is 1. The smallest absolute Gasteiger partial charge is 0.352 e. The number of hydrogen-bond donors (Lipinski definition) is 2. The van der Waals surface area contributed by atoms with Crippen LogP contribution in [0.4, 0.5) is 0 Å². The quantitative estimate of drug-likeness (QED) is 0.858. The minimum absolute atomic E-state index is 0. The Morgan fingerprint density at radius 3 is 2.62 bits per heavy atom. The second kappa shape index (κ2) is 7.68. The van der Waals surface area contributed by atoms with E-state index in [0.717, 1.165) is 49.9 Å². The molecule has 2 saturated heterocycles. The number of benzene rings is 1. The monoisotopic (exact) mass is 377 g/mol. The third-order valence-electron chi connectivity index (χ3n) is 5.40. The summed E-state index contributed by atoms with van der Waals surface area (Å²) in [4.78, 5) is 31.4. The van der Waals surface area contributed by atoms with Gasteiger partial charge in [-0.2, -0.15) is 0 Å². The normalized spacial score (nSPS) is 20.5. The van der Waals surface area contributed by atoms with Crippen LogP contribution in [0.1, 0.15) is 46.5 Å². The molecule has 0 unspecified atom stereocenters. The van der Waals surface area contributed by atoms with Crippen molar-refractivity contribution >= 4 is 35.2 Å². The van der Waals surface area contributed by atoms with Crippen molar-refractivity contribution in [2.75, 3.05) is 26.2 Å². The number of fused-ring (bicyclic) bond motifs is 1. The Morgan fingerprint density at radius 2 is 1.88 bits per heavy atom. The molecule has 2 aliphatic heterocycles. The van der Waals surface area contributed by atoms with Crippen molar-refractivity contribution in [1.82, 2.24) is 14.8 Å². The first kappa shape index (κ1) is 18.7.